The molecule has 3 saturated heterocycles. The topological polar surface area (TPSA) is 119 Å². The number of amides is 1. The summed E-state index contributed by atoms with van der Waals surface area (Å²) in [6, 6.07) is 18.0. The van der Waals surface area contributed by atoms with Crippen molar-refractivity contribution in [1.82, 2.24) is 19.8 Å². The minimum absolute atomic E-state index is 0.0891. The van der Waals surface area contributed by atoms with Gasteiger partial charge in [-0.2, -0.15) is 5.26 Å². The summed E-state index contributed by atoms with van der Waals surface area (Å²) in [6.45, 7) is 10.1. The SMILES string of the molecule is CC1(C)CN(C(=O)C2=CC=NC2)C[C@@H](F)[C@H]1Oc1ccc(-c2nccc(Nc3ccc(N4CCN(C5COC5)CC4)cc3)n2)cc1C#N. The van der Waals surface area contributed by atoms with Crippen LogP contribution in [0.25, 0.3) is 11.4 Å². The van der Waals surface area contributed by atoms with Crippen molar-refractivity contribution in [2.75, 3.05) is 69.2 Å². The lowest BCUT2D eigenvalue weighted by molar-refractivity contribution is -0.137. The number of aliphatic imine (C=N–C) groups is 1. The molecule has 0 radical (unpaired) electrons. The second-order valence-electron chi connectivity index (χ2n) is 13.4. The van der Waals surface area contributed by atoms with Crippen molar-refractivity contribution in [3.05, 3.63) is 71.9 Å². The van der Waals surface area contributed by atoms with Crippen LogP contribution in [0.3, 0.4) is 0 Å². The lowest BCUT2D eigenvalue weighted by atomic mass is 9.79. The number of aromatic nitrogens is 2. The molecule has 12 heteroatoms. The van der Waals surface area contributed by atoms with Gasteiger partial charge < -0.3 is 24.6 Å². The molecule has 1 N–H and O–H groups in total. The van der Waals surface area contributed by atoms with Crippen molar-refractivity contribution < 1.29 is 18.7 Å². The fraction of sp³-hybridized carbons (Fsp3) is 0.417. The number of hydrogen-bond acceptors (Lipinski definition) is 10. The predicted octanol–water partition coefficient (Wildman–Crippen LogP) is 4.24. The van der Waals surface area contributed by atoms with Gasteiger partial charge in [0, 0.05) is 73.1 Å². The highest BCUT2D eigenvalue weighted by atomic mass is 19.1. The molecular formula is C36H39FN8O3. The smallest absolute Gasteiger partial charge is 0.251 e. The van der Waals surface area contributed by atoms with Crippen LogP contribution < -0.4 is 15.0 Å². The molecular weight excluding hydrogens is 611 g/mol. The number of likely N-dealkylation sites (tertiary alicyclic amines) is 1. The van der Waals surface area contributed by atoms with Gasteiger partial charge in [-0.15, -0.1) is 0 Å². The van der Waals surface area contributed by atoms with Gasteiger partial charge in [0.15, 0.2) is 12.0 Å². The van der Waals surface area contributed by atoms with Crippen molar-refractivity contribution in [1.29, 1.82) is 5.26 Å². The molecule has 248 valence electrons. The summed E-state index contributed by atoms with van der Waals surface area (Å²) in [7, 11) is 0. The predicted molar refractivity (Wildman–Crippen MR) is 181 cm³/mol. The van der Waals surface area contributed by atoms with E-state index in [2.05, 4.69) is 43.3 Å². The second kappa shape index (κ2) is 13.3. The van der Waals surface area contributed by atoms with Gasteiger partial charge in [0.05, 0.1) is 37.9 Å². The molecule has 4 aliphatic heterocycles. The summed E-state index contributed by atoms with van der Waals surface area (Å²) < 4.78 is 27.2. The molecule has 3 aromatic rings. The maximum atomic E-state index is 15.6. The van der Waals surface area contributed by atoms with Crippen LogP contribution in [0.15, 0.2) is 71.4 Å². The summed E-state index contributed by atoms with van der Waals surface area (Å²) in [5.74, 6) is 1.13. The summed E-state index contributed by atoms with van der Waals surface area (Å²) in [4.78, 5) is 32.6. The molecule has 2 atom stereocenters. The van der Waals surface area contributed by atoms with E-state index in [0.717, 1.165) is 45.1 Å². The van der Waals surface area contributed by atoms with E-state index in [-0.39, 0.29) is 23.8 Å². The third-order valence-electron chi connectivity index (χ3n) is 9.52. The first-order valence-corrected chi connectivity index (χ1v) is 16.4. The van der Waals surface area contributed by atoms with E-state index in [4.69, 9.17) is 14.5 Å². The van der Waals surface area contributed by atoms with Crippen LogP contribution >= 0.6 is 0 Å². The van der Waals surface area contributed by atoms with E-state index in [1.54, 1.807) is 42.8 Å². The van der Waals surface area contributed by atoms with Crippen LogP contribution in [0.2, 0.25) is 0 Å². The van der Waals surface area contributed by atoms with Gasteiger partial charge in [0.1, 0.15) is 23.7 Å². The van der Waals surface area contributed by atoms with E-state index in [1.165, 1.54) is 10.6 Å². The van der Waals surface area contributed by atoms with Gasteiger partial charge in [-0.25, -0.2) is 14.4 Å². The molecule has 0 bridgehead atoms. The zero-order valence-electron chi connectivity index (χ0n) is 27.2. The number of ether oxygens (including phenoxy) is 2. The van der Waals surface area contributed by atoms with Gasteiger partial charge in [0.25, 0.3) is 5.91 Å². The number of hydrogen-bond donors (Lipinski definition) is 1. The second-order valence-corrected chi connectivity index (χ2v) is 13.4. The number of piperidine rings is 1. The van der Waals surface area contributed by atoms with E-state index in [9.17, 15) is 10.1 Å². The largest absolute Gasteiger partial charge is 0.485 e. The summed E-state index contributed by atoms with van der Waals surface area (Å²) in [5.41, 5.74) is 2.83. The van der Waals surface area contributed by atoms with Crippen LogP contribution in [0.4, 0.5) is 21.6 Å². The molecule has 0 spiro atoms. The lowest BCUT2D eigenvalue weighted by Crippen LogP contribution is -2.59. The van der Waals surface area contributed by atoms with E-state index in [1.807, 2.05) is 26.0 Å². The Morgan fingerprint density at radius 3 is 2.56 bits per heavy atom. The highest BCUT2D eigenvalue weighted by Gasteiger charge is 2.46. The van der Waals surface area contributed by atoms with Crippen molar-refractivity contribution in [3.8, 4) is 23.2 Å². The first-order chi connectivity index (χ1) is 23.3. The Labute approximate surface area is 279 Å². The van der Waals surface area contributed by atoms with Gasteiger partial charge in [-0.3, -0.25) is 14.7 Å². The fourth-order valence-corrected chi connectivity index (χ4v) is 6.76. The van der Waals surface area contributed by atoms with Gasteiger partial charge in [-0.05, 0) is 54.6 Å². The third-order valence-corrected chi connectivity index (χ3v) is 9.52. The quantitative estimate of drug-likeness (QED) is 0.382. The fourth-order valence-electron chi connectivity index (χ4n) is 6.76. The Morgan fingerprint density at radius 1 is 1.10 bits per heavy atom. The van der Waals surface area contributed by atoms with Crippen LogP contribution in [0, 0.1) is 16.7 Å². The Balaban J connectivity index is 0.995. The highest BCUT2D eigenvalue weighted by molar-refractivity contribution is 5.99. The standard InChI is InChI=1S/C36H39FN8O3/c1-36(2)23-45(35(46)25-9-11-39-19-25)20-30(37)33(36)48-31-8-3-24(17-26(31)18-38)34-40-12-10-32(42-34)41-27-4-6-28(7-5-27)43-13-15-44(16-14-43)29-21-47-22-29/h3-12,17,29-30,33H,13-16,19-23H2,1-2H3,(H,40,41,42)/t30-,33-/m1/s1. The number of rotatable bonds is 8. The number of piperazine rings is 1. The van der Waals surface area contributed by atoms with Crippen LogP contribution in [-0.4, -0.2) is 109 Å². The number of alkyl halides is 1. The highest BCUT2D eigenvalue weighted by Crippen LogP contribution is 2.37. The Hall–Kier alpha value is -4.86. The molecule has 0 aliphatic carbocycles. The molecule has 48 heavy (non-hydrogen) atoms. The minimum Gasteiger partial charge on any atom is -0.485 e. The molecule has 11 nitrogen and oxygen atoms in total. The molecule has 4 aliphatic rings. The normalized spacial score (nSPS) is 22.5. The van der Waals surface area contributed by atoms with E-state index in [0.29, 0.717) is 41.9 Å². The summed E-state index contributed by atoms with van der Waals surface area (Å²) >= 11 is 0. The Kier molecular flexibility index (Phi) is 8.81. The molecule has 7 rings (SSSR count). The number of benzene rings is 2. The maximum Gasteiger partial charge on any atom is 0.251 e. The molecule has 3 fully saturated rings. The Bertz CT molecular complexity index is 1760. The van der Waals surface area contributed by atoms with E-state index < -0.39 is 17.7 Å². The van der Waals surface area contributed by atoms with E-state index >= 15 is 4.39 Å². The van der Waals surface area contributed by atoms with Crippen molar-refractivity contribution in [2.24, 2.45) is 10.4 Å². The first kappa shape index (κ1) is 31.7. The maximum absolute atomic E-state index is 15.6. The number of anilines is 3. The number of nitrogens with zero attached hydrogens (tertiary/aromatic N) is 7. The summed E-state index contributed by atoms with van der Waals surface area (Å²) in [5, 5.41) is 13.4. The van der Waals surface area contributed by atoms with Crippen molar-refractivity contribution in [2.45, 2.75) is 32.2 Å². The monoisotopic (exact) mass is 650 g/mol. The number of carbonyl (C=O) groups excluding carboxylic acids is 1. The minimum atomic E-state index is -1.44. The molecule has 1 aromatic heterocycles. The molecule has 0 unspecified atom stereocenters. The molecule has 2 aromatic carbocycles. The van der Waals surface area contributed by atoms with Crippen molar-refractivity contribution in [3.63, 3.8) is 0 Å². The van der Waals surface area contributed by atoms with Gasteiger partial charge in [0.2, 0.25) is 0 Å². The van der Waals surface area contributed by atoms with Crippen LogP contribution in [0.5, 0.6) is 5.75 Å². The third kappa shape index (κ3) is 6.61. The number of halogens is 1. The number of nitrogens with one attached hydrogen (secondary N) is 1. The lowest BCUT2D eigenvalue weighted by Gasteiger charge is -2.45. The summed E-state index contributed by atoms with van der Waals surface area (Å²) in [6.07, 6.45) is 2.65. The first-order valence-electron chi connectivity index (χ1n) is 16.4. The molecule has 1 amide bonds. The average molecular weight is 651 g/mol. The van der Waals surface area contributed by atoms with Crippen LogP contribution in [-0.2, 0) is 9.53 Å². The number of carbonyl (C=O) groups is 1. The van der Waals surface area contributed by atoms with Gasteiger partial charge in [-0.1, -0.05) is 13.8 Å². The van der Waals surface area contributed by atoms with Crippen LogP contribution in [0.1, 0.15) is 19.4 Å². The Morgan fingerprint density at radius 2 is 1.90 bits per heavy atom. The zero-order valence-corrected chi connectivity index (χ0v) is 27.2. The number of nitriles is 1. The van der Waals surface area contributed by atoms with Gasteiger partial charge >= 0.3 is 0 Å². The molecule has 0 saturated carbocycles. The zero-order chi connectivity index (χ0) is 33.3. The number of allylic oxidation sites excluding steroid dienone is 1. The van der Waals surface area contributed by atoms with Crippen molar-refractivity contribution >= 4 is 29.3 Å². The molecule has 5 heterocycles. The average Bonchev–Trinajstić information content (AvgIpc) is 3.61.